The zero-order valence-corrected chi connectivity index (χ0v) is 11.8. The first-order valence-electron chi connectivity index (χ1n) is 5.49. The highest BCUT2D eigenvalue weighted by molar-refractivity contribution is 14.1. The average molecular weight is 339 g/mol. The minimum absolute atomic E-state index is 0.321. The fourth-order valence-electron chi connectivity index (χ4n) is 1.55. The molecule has 1 aromatic carbocycles. The second kappa shape index (κ2) is 6.07. The molecule has 1 unspecified atom stereocenters. The molecule has 2 aromatic rings. The maximum Gasteiger partial charge on any atom is 0.115 e. The molecule has 0 saturated heterocycles. The Balaban J connectivity index is 1.93. The van der Waals surface area contributed by atoms with Crippen molar-refractivity contribution in [2.75, 3.05) is 0 Å². The van der Waals surface area contributed by atoms with Crippen LogP contribution >= 0.6 is 22.6 Å². The molecule has 0 radical (unpaired) electrons. The van der Waals surface area contributed by atoms with Crippen LogP contribution in [0.4, 0.5) is 0 Å². The lowest BCUT2D eigenvalue weighted by Crippen LogP contribution is -2.18. The highest BCUT2D eigenvalue weighted by Gasteiger charge is 2.04. The van der Waals surface area contributed by atoms with E-state index in [4.69, 9.17) is 0 Å². The zero-order chi connectivity index (χ0) is 12.1. The third kappa shape index (κ3) is 3.74. The molecule has 0 aliphatic carbocycles. The van der Waals surface area contributed by atoms with Crippen LogP contribution in [-0.2, 0) is 6.54 Å². The van der Waals surface area contributed by atoms with Gasteiger partial charge in [0.05, 0.1) is 5.69 Å². The number of nitrogens with one attached hydrogen (secondary N) is 1. The lowest BCUT2D eigenvalue weighted by Gasteiger charge is -2.13. The van der Waals surface area contributed by atoms with Crippen LogP contribution in [0.2, 0.25) is 0 Å². The molecule has 1 N–H and O–H groups in total. The number of halogens is 1. The predicted molar refractivity (Wildman–Crippen MR) is 76.4 cm³/mol. The van der Waals surface area contributed by atoms with Crippen LogP contribution < -0.4 is 5.32 Å². The summed E-state index contributed by atoms with van der Waals surface area (Å²) >= 11 is 2.31. The maximum absolute atomic E-state index is 4.18. The molecule has 0 aliphatic heterocycles. The first-order chi connectivity index (χ1) is 8.25. The fraction of sp³-hybridized carbons (Fsp3) is 0.231. The molecular weight excluding hydrogens is 325 g/mol. The van der Waals surface area contributed by atoms with Crippen molar-refractivity contribution < 1.29 is 0 Å². The Kier molecular flexibility index (Phi) is 4.44. The van der Waals surface area contributed by atoms with Crippen molar-refractivity contribution >= 4 is 22.6 Å². The van der Waals surface area contributed by atoms with Crippen molar-refractivity contribution in [1.29, 1.82) is 0 Å². The number of rotatable bonds is 4. The van der Waals surface area contributed by atoms with Gasteiger partial charge in [-0.25, -0.2) is 9.97 Å². The maximum atomic E-state index is 4.18. The molecule has 0 aliphatic rings. The largest absolute Gasteiger partial charge is 0.305 e. The molecule has 0 bridgehead atoms. The normalized spacial score (nSPS) is 12.4. The van der Waals surface area contributed by atoms with E-state index < -0.39 is 0 Å². The van der Waals surface area contributed by atoms with Gasteiger partial charge in [-0.15, -0.1) is 0 Å². The standard InChI is InChI=1S/C13H14IN3/c1-10(11-2-4-12(14)5-3-11)16-8-13-6-7-15-9-17-13/h2-7,9-10,16H,8H2,1H3. The van der Waals surface area contributed by atoms with E-state index in [1.54, 1.807) is 12.5 Å². The molecule has 0 saturated carbocycles. The molecule has 1 heterocycles. The van der Waals surface area contributed by atoms with Crippen LogP contribution in [0, 0.1) is 3.57 Å². The van der Waals surface area contributed by atoms with Gasteiger partial charge in [-0.3, -0.25) is 0 Å². The number of nitrogens with zero attached hydrogens (tertiary/aromatic N) is 2. The van der Waals surface area contributed by atoms with E-state index in [0.717, 1.165) is 12.2 Å². The van der Waals surface area contributed by atoms with Gasteiger partial charge in [0.25, 0.3) is 0 Å². The van der Waals surface area contributed by atoms with Gasteiger partial charge in [0.2, 0.25) is 0 Å². The quantitative estimate of drug-likeness (QED) is 0.871. The van der Waals surface area contributed by atoms with E-state index in [-0.39, 0.29) is 0 Å². The Labute approximate surface area is 115 Å². The Hall–Kier alpha value is -1.01. The third-order valence-electron chi connectivity index (χ3n) is 2.60. The second-order valence-electron chi connectivity index (χ2n) is 3.85. The van der Waals surface area contributed by atoms with Gasteiger partial charge in [0, 0.05) is 22.4 Å². The van der Waals surface area contributed by atoms with E-state index in [1.807, 2.05) is 6.07 Å². The highest BCUT2D eigenvalue weighted by Crippen LogP contribution is 2.14. The Morgan fingerprint density at radius 1 is 1.24 bits per heavy atom. The van der Waals surface area contributed by atoms with Crippen molar-refractivity contribution in [3.8, 4) is 0 Å². The summed E-state index contributed by atoms with van der Waals surface area (Å²) in [6.45, 7) is 2.92. The third-order valence-corrected chi connectivity index (χ3v) is 3.32. The number of hydrogen-bond acceptors (Lipinski definition) is 3. The molecule has 0 amide bonds. The summed E-state index contributed by atoms with van der Waals surface area (Å²) in [7, 11) is 0. The van der Waals surface area contributed by atoms with Crippen molar-refractivity contribution in [3.63, 3.8) is 0 Å². The summed E-state index contributed by atoms with van der Waals surface area (Å²) in [6.07, 6.45) is 3.34. The summed E-state index contributed by atoms with van der Waals surface area (Å²) in [4.78, 5) is 8.08. The van der Waals surface area contributed by atoms with Crippen LogP contribution in [0.25, 0.3) is 0 Å². The minimum atomic E-state index is 0.321. The van der Waals surface area contributed by atoms with Crippen molar-refractivity contribution in [2.24, 2.45) is 0 Å². The SMILES string of the molecule is CC(NCc1ccncn1)c1ccc(I)cc1. The van der Waals surface area contributed by atoms with Crippen molar-refractivity contribution in [3.05, 3.63) is 57.7 Å². The fourth-order valence-corrected chi connectivity index (χ4v) is 1.91. The smallest absolute Gasteiger partial charge is 0.115 e. The number of benzene rings is 1. The highest BCUT2D eigenvalue weighted by atomic mass is 127. The van der Waals surface area contributed by atoms with E-state index >= 15 is 0 Å². The average Bonchev–Trinajstić information content (AvgIpc) is 2.38. The summed E-state index contributed by atoms with van der Waals surface area (Å²) in [5.74, 6) is 0. The summed E-state index contributed by atoms with van der Waals surface area (Å²) in [5, 5.41) is 3.44. The van der Waals surface area contributed by atoms with Gasteiger partial charge in [-0.05, 0) is 53.3 Å². The summed E-state index contributed by atoms with van der Waals surface area (Å²) in [6, 6.07) is 10.8. The Morgan fingerprint density at radius 2 is 2.00 bits per heavy atom. The van der Waals surface area contributed by atoms with E-state index in [0.29, 0.717) is 6.04 Å². The first-order valence-corrected chi connectivity index (χ1v) is 6.57. The zero-order valence-electron chi connectivity index (χ0n) is 9.60. The molecule has 2 rings (SSSR count). The topological polar surface area (TPSA) is 37.8 Å². The van der Waals surface area contributed by atoms with Gasteiger partial charge < -0.3 is 5.32 Å². The molecular formula is C13H14IN3. The molecule has 4 heteroatoms. The molecule has 0 fully saturated rings. The van der Waals surface area contributed by atoms with Crippen molar-refractivity contribution in [1.82, 2.24) is 15.3 Å². The minimum Gasteiger partial charge on any atom is -0.305 e. The molecule has 17 heavy (non-hydrogen) atoms. The summed E-state index contributed by atoms with van der Waals surface area (Å²) in [5.41, 5.74) is 2.30. The first kappa shape index (κ1) is 12.4. The van der Waals surface area contributed by atoms with Gasteiger partial charge in [-0.1, -0.05) is 12.1 Å². The van der Waals surface area contributed by atoms with Crippen LogP contribution in [0.3, 0.4) is 0 Å². The number of hydrogen-bond donors (Lipinski definition) is 1. The lowest BCUT2D eigenvalue weighted by molar-refractivity contribution is 0.567. The predicted octanol–water partition coefficient (Wildman–Crippen LogP) is 2.93. The van der Waals surface area contributed by atoms with Crippen LogP contribution in [-0.4, -0.2) is 9.97 Å². The summed E-state index contributed by atoms with van der Waals surface area (Å²) < 4.78 is 1.26. The van der Waals surface area contributed by atoms with Crippen LogP contribution in [0.5, 0.6) is 0 Å². The molecule has 0 spiro atoms. The Morgan fingerprint density at radius 3 is 2.65 bits per heavy atom. The second-order valence-corrected chi connectivity index (χ2v) is 5.10. The Bertz CT molecular complexity index is 456. The van der Waals surface area contributed by atoms with Crippen LogP contribution in [0.1, 0.15) is 24.2 Å². The van der Waals surface area contributed by atoms with E-state index in [1.165, 1.54) is 9.13 Å². The van der Waals surface area contributed by atoms with Crippen molar-refractivity contribution in [2.45, 2.75) is 19.5 Å². The molecule has 1 atom stereocenters. The lowest BCUT2D eigenvalue weighted by atomic mass is 10.1. The molecule has 3 nitrogen and oxygen atoms in total. The molecule has 1 aromatic heterocycles. The van der Waals surface area contributed by atoms with E-state index in [9.17, 15) is 0 Å². The van der Waals surface area contributed by atoms with Crippen LogP contribution in [0.15, 0.2) is 42.9 Å². The van der Waals surface area contributed by atoms with Gasteiger partial charge in [-0.2, -0.15) is 0 Å². The van der Waals surface area contributed by atoms with Gasteiger partial charge in [0.15, 0.2) is 0 Å². The molecule has 88 valence electrons. The van der Waals surface area contributed by atoms with E-state index in [2.05, 4.69) is 69.1 Å². The van der Waals surface area contributed by atoms with Gasteiger partial charge >= 0.3 is 0 Å². The monoisotopic (exact) mass is 339 g/mol. The number of aromatic nitrogens is 2. The van der Waals surface area contributed by atoms with Gasteiger partial charge in [0.1, 0.15) is 6.33 Å².